The molecular formula is C33H54BN3O7. The molecule has 3 N–H and O–H groups in total. The zero-order valence-electron chi connectivity index (χ0n) is 28.3. The lowest BCUT2D eigenvalue weighted by atomic mass is 9.79. The fourth-order valence-electron chi connectivity index (χ4n) is 4.95. The zero-order valence-corrected chi connectivity index (χ0v) is 28.3. The Morgan fingerprint density at radius 1 is 0.705 bits per heavy atom. The maximum absolute atomic E-state index is 13.6. The molecule has 0 aromatic heterocycles. The molecule has 3 amide bonds. The van der Waals surface area contributed by atoms with Gasteiger partial charge in [0, 0.05) is 6.32 Å². The van der Waals surface area contributed by atoms with Crippen molar-refractivity contribution in [3.05, 3.63) is 35.9 Å². The highest BCUT2D eigenvalue weighted by atomic mass is 16.7. The maximum atomic E-state index is 13.6. The molecule has 1 saturated heterocycles. The third-order valence-corrected chi connectivity index (χ3v) is 7.95. The molecule has 1 aliphatic heterocycles. The number of carbonyl (C=O) groups is 4. The predicted molar refractivity (Wildman–Crippen MR) is 172 cm³/mol. The van der Waals surface area contributed by atoms with Gasteiger partial charge in [0.2, 0.25) is 11.8 Å². The van der Waals surface area contributed by atoms with Crippen LogP contribution in [-0.4, -0.2) is 60.1 Å². The Kier molecular flexibility index (Phi) is 13.9. The smallest absolute Gasteiger partial charge is 0.445 e. The van der Waals surface area contributed by atoms with E-state index in [1.165, 1.54) is 0 Å². The lowest BCUT2D eigenvalue weighted by molar-refractivity contribution is -0.132. The van der Waals surface area contributed by atoms with Crippen LogP contribution in [0.4, 0.5) is 4.79 Å². The fourth-order valence-corrected chi connectivity index (χ4v) is 4.95. The molecule has 2 rings (SSSR count). The summed E-state index contributed by atoms with van der Waals surface area (Å²) in [5.41, 5.74) is -0.323. The summed E-state index contributed by atoms with van der Waals surface area (Å²) in [6.07, 6.45) is 0.411. The van der Waals surface area contributed by atoms with Gasteiger partial charge in [-0.3, -0.25) is 14.4 Å². The molecular weight excluding hydrogens is 561 g/mol. The van der Waals surface area contributed by atoms with Gasteiger partial charge in [-0.25, -0.2) is 4.79 Å². The van der Waals surface area contributed by atoms with Crippen LogP contribution in [0.15, 0.2) is 30.3 Å². The topological polar surface area (TPSA) is 132 Å². The van der Waals surface area contributed by atoms with Crippen LogP contribution in [0.1, 0.15) is 94.1 Å². The Morgan fingerprint density at radius 2 is 1.14 bits per heavy atom. The molecule has 1 fully saturated rings. The van der Waals surface area contributed by atoms with Crippen molar-refractivity contribution < 1.29 is 33.2 Å². The number of ether oxygens (including phenoxy) is 1. The summed E-state index contributed by atoms with van der Waals surface area (Å²) in [5, 5.41) is 8.42. The molecule has 0 radical (unpaired) electrons. The number of alkyl carbamates (subject to hydrolysis) is 1. The second kappa shape index (κ2) is 16.4. The lowest BCUT2D eigenvalue weighted by Crippen LogP contribution is -2.56. The molecule has 0 unspecified atom stereocenters. The highest BCUT2D eigenvalue weighted by molar-refractivity contribution is 6.50. The minimum Gasteiger partial charge on any atom is -0.445 e. The third kappa shape index (κ3) is 11.9. The van der Waals surface area contributed by atoms with Crippen molar-refractivity contribution in [2.75, 3.05) is 0 Å². The number of ketones is 1. The summed E-state index contributed by atoms with van der Waals surface area (Å²) < 4.78 is 17.4. The van der Waals surface area contributed by atoms with Gasteiger partial charge in [0.1, 0.15) is 18.7 Å². The van der Waals surface area contributed by atoms with Crippen LogP contribution in [0.5, 0.6) is 0 Å². The quantitative estimate of drug-likeness (QED) is 0.222. The van der Waals surface area contributed by atoms with Crippen molar-refractivity contribution in [1.82, 2.24) is 16.0 Å². The molecule has 0 bridgehead atoms. The van der Waals surface area contributed by atoms with E-state index in [-0.39, 0.29) is 36.5 Å². The van der Waals surface area contributed by atoms with Crippen molar-refractivity contribution in [3.63, 3.8) is 0 Å². The van der Waals surface area contributed by atoms with Gasteiger partial charge < -0.3 is 30.0 Å². The van der Waals surface area contributed by atoms with Crippen LogP contribution < -0.4 is 16.0 Å². The number of amides is 3. The molecule has 3 atom stereocenters. The molecule has 1 aliphatic rings. The van der Waals surface area contributed by atoms with Gasteiger partial charge >= 0.3 is 13.2 Å². The van der Waals surface area contributed by atoms with E-state index in [1.807, 2.05) is 99.6 Å². The summed E-state index contributed by atoms with van der Waals surface area (Å²) in [6.45, 7) is 19.5. The highest BCUT2D eigenvalue weighted by Gasteiger charge is 2.51. The van der Waals surface area contributed by atoms with Crippen LogP contribution in [0.25, 0.3) is 0 Å². The normalized spacial score (nSPS) is 17.7. The first-order chi connectivity index (χ1) is 20.4. The van der Waals surface area contributed by atoms with Crippen molar-refractivity contribution in [2.24, 2.45) is 17.8 Å². The Hall–Kier alpha value is -2.92. The third-order valence-electron chi connectivity index (χ3n) is 7.95. The lowest BCUT2D eigenvalue weighted by Gasteiger charge is -2.32. The van der Waals surface area contributed by atoms with Crippen LogP contribution in [0.2, 0.25) is 6.32 Å². The van der Waals surface area contributed by atoms with Crippen molar-refractivity contribution in [3.8, 4) is 0 Å². The summed E-state index contributed by atoms with van der Waals surface area (Å²) in [6, 6.07) is 6.67. The monoisotopic (exact) mass is 615 g/mol. The predicted octanol–water partition coefficient (Wildman–Crippen LogP) is 5.05. The molecule has 0 aliphatic carbocycles. The number of hydrogen-bond acceptors (Lipinski definition) is 7. The molecule has 0 saturated carbocycles. The molecule has 10 nitrogen and oxygen atoms in total. The molecule has 1 aromatic rings. The van der Waals surface area contributed by atoms with Crippen LogP contribution in [0.3, 0.4) is 0 Å². The van der Waals surface area contributed by atoms with Crippen LogP contribution in [-0.2, 0) is 35.0 Å². The average Bonchev–Trinajstić information content (AvgIpc) is 3.10. The van der Waals surface area contributed by atoms with Gasteiger partial charge in [-0.15, -0.1) is 0 Å². The Morgan fingerprint density at radius 3 is 1.61 bits per heavy atom. The van der Waals surface area contributed by atoms with E-state index in [0.717, 1.165) is 5.56 Å². The fraction of sp³-hybridized carbons (Fsp3) is 0.697. The highest BCUT2D eigenvalue weighted by Crippen LogP contribution is 2.37. The van der Waals surface area contributed by atoms with Crippen molar-refractivity contribution in [2.45, 2.75) is 131 Å². The van der Waals surface area contributed by atoms with E-state index in [9.17, 15) is 19.2 Å². The van der Waals surface area contributed by atoms with Gasteiger partial charge in [-0.1, -0.05) is 71.9 Å². The first kappa shape index (κ1) is 37.3. The summed E-state index contributed by atoms with van der Waals surface area (Å²) in [7, 11) is -0.713. The van der Waals surface area contributed by atoms with Crippen molar-refractivity contribution >= 4 is 30.8 Å². The number of carbonyl (C=O) groups excluding carboxylic acids is 4. The summed E-state index contributed by atoms with van der Waals surface area (Å²) in [5.74, 6) is -0.846. The molecule has 44 heavy (non-hydrogen) atoms. The minimum absolute atomic E-state index is 0.00277. The zero-order chi connectivity index (χ0) is 33.2. The Labute approximate surface area is 264 Å². The first-order valence-electron chi connectivity index (χ1n) is 15.9. The number of Topliss-reactive ketones (excluding diaryl/α,β-unsaturated/α-hetero) is 1. The molecule has 1 aromatic carbocycles. The summed E-state index contributed by atoms with van der Waals surface area (Å²) >= 11 is 0. The van der Waals surface area contributed by atoms with Gasteiger partial charge in [-0.2, -0.15) is 0 Å². The van der Waals surface area contributed by atoms with Gasteiger partial charge in [0.15, 0.2) is 5.78 Å². The number of rotatable bonds is 16. The number of benzene rings is 1. The van der Waals surface area contributed by atoms with E-state index in [1.54, 1.807) is 0 Å². The molecule has 1 heterocycles. The number of nitrogens with one attached hydrogen (secondary N) is 3. The Balaban J connectivity index is 2.12. The van der Waals surface area contributed by atoms with E-state index in [0.29, 0.717) is 19.3 Å². The van der Waals surface area contributed by atoms with Gasteiger partial charge in [0.25, 0.3) is 0 Å². The molecule has 246 valence electrons. The van der Waals surface area contributed by atoms with E-state index < -0.39 is 54.4 Å². The Bertz CT molecular complexity index is 1090. The standard InChI is InChI=1S/C33H54BN3O7/c1-21(2)16-25(28(38)19-34-43-32(7,8)33(9,10)44-34)35-29(39)26(17-22(3)4)36-30(40)27(18-23(5)6)37-31(41)42-20-24-14-12-11-13-15-24/h11-15,21-23,25-27H,16-20H2,1-10H3,(H,35,39)(H,36,40)(H,37,41)/t25-,26-,27-/m0/s1. The summed E-state index contributed by atoms with van der Waals surface area (Å²) in [4.78, 5) is 53.2. The SMILES string of the molecule is CC(C)C[C@H](NC(=O)[C@H](CC(C)C)NC(=O)[C@H](CC(C)C)NC(=O)OCc1ccccc1)C(=O)CB1OC(C)(C)C(C)(C)O1. The van der Waals surface area contributed by atoms with Gasteiger partial charge in [0.05, 0.1) is 17.2 Å². The number of hydrogen-bond donors (Lipinski definition) is 3. The first-order valence-corrected chi connectivity index (χ1v) is 15.9. The van der Waals surface area contributed by atoms with E-state index in [4.69, 9.17) is 14.0 Å². The van der Waals surface area contributed by atoms with Gasteiger partial charge in [-0.05, 0) is 70.3 Å². The van der Waals surface area contributed by atoms with Crippen LogP contribution in [0, 0.1) is 17.8 Å². The molecule has 11 heteroatoms. The van der Waals surface area contributed by atoms with E-state index >= 15 is 0 Å². The second-order valence-electron chi connectivity index (χ2n) is 14.1. The average molecular weight is 616 g/mol. The molecule has 0 spiro atoms. The second-order valence-corrected chi connectivity index (χ2v) is 14.1. The van der Waals surface area contributed by atoms with E-state index in [2.05, 4.69) is 16.0 Å². The maximum Gasteiger partial charge on any atom is 0.465 e. The minimum atomic E-state index is -0.905. The van der Waals surface area contributed by atoms with Crippen LogP contribution >= 0.6 is 0 Å². The van der Waals surface area contributed by atoms with Crippen molar-refractivity contribution in [1.29, 1.82) is 0 Å². The largest absolute Gasteiger partial charge is 0.465 e.